The van der Waals surface area contributed by atoms with E-state index in [4.69, 9.17) is 23.2 Å². The maximum atomic E-state index is 12.0. The van der Waals surface area contributed by atoms with E-state index in [1.54, 1.807) is 4.90 Å². The number of hydrogen-bond acceptors (Lipinski definition) is 1. The average Bonchev–Trinajstić information content (AvgIpc) is 2.16. The van der Waals surface area contributed by atoms with Crippen molar-refractivity contribution in [3.63, 3.8) is 0 Å². The van der Waals surface area contributed by atoms with Gasteiger partial charge in [-0.1, -0.05) is 20.8 Å². The topological polar surface area (TPSA) is 20.3 Å². The smallest absolute Gasteiger partial charge is 0.228 e. The highest BCUT2D eigenvalue weighted by Gasteiger charge is 2.29. The summed E-state index contributed by atoms with van der Waals surface area (Å²) in [4.78, 5) is 13.7. The molecule has 0 aliphatic rings. The molecule has 0 radical (unpaired) electrons. The van der Waals surface area contributed by atoms with Gasteiger partial charge in [0.25, 0.3) is 0 Å². The minimum atomic E-state index is -0.307. The van der Waals surface area contributed by atoms with E-state index in [9.17, 15) is 4.79 Å². The molecular weight excluding hydrogens is 221 g/mol. The van der Waals surface area contributed by atoms with Gasteiger partial charge in [0.1, 0.15) is 0 Å². The molecular formula is C10H19Cl2NO. The molecule has 0 unspecified atom stereocenters. The molecule has 0 saturated heterocycles. The lowest BCUT2D eigenvalue weighted by atomic mass is 9.88. The zero-order valence-corrected chi connectivity index (χ0v) is 10.7. The summed E-state index contributed by atoms with van der Waals surface area (Å²) in [6.07, 6.45) is 0.826. The van der Waals surface area contributed by atoms with Gasteiger partial charge in [0.05, 0.1) is 0 Å². The molecule has 2 nitrogen and oxygen atoms in total. The van der Waals surface area contributed by atoms with Crippen molar-refractivity contribution in [2.45, 2.75) is 27.2 Å². The Morgan fingerprint density at radius 2 is 1.64 bits per heavy atom. The number of carbonyl (C=O) groups is 1. The fraction of sp³-hybridized carbons (Fsp3) is 0.900. The molecule has 0 heterocycles. The third-order valence-corrected chi connectivity index (χ3v) is 2.80. The average molecular weight is 240 g/mol. The highest BCUT2D eigenvalue weighted by atomic mass is 35.5. The van der Waals surface area contributed by atoms with Crippen LogP contribution in [-0.2, 0) is 4.79 Å². The van der Waals surface area contributed by atoms with Crippen molar-refractivity contribution < 1.29 is 4.79 Å². The lowest BCUT2D eigenvalue weighted by molar-refractivity contribution is -0.140. The number of halogens is 2. The molecule has 0 aromatic rings. The molecule has 0 bridgehead atoms. The van der Waals surface area contributed by atoms with E-state index in [0.717, 1.165) is 6.42 Å². The number of nitrogens with zero attached hydrogens (tertiary/aromatic N) is 1. The predicted molar refractivity (Wildman–Crippen MR) is 62.1 cm³/mol. The van der Waals surface area contributed by atoms with E-state index in [1.807, 2.05) is 20.8 Å². The first kappa shape index (κ1) is 14.1. The van der Waals surface area contributed by atoms with Crippen LogP contribution in [0, 0.1) is 5.41 Å². The normalized spacial score (nSPS) is 11.5. The quantitative estimate of drug-likeness (QED) is 0.654. The van der Waals surface area contributed by atoms with Crippen molar-refractivity contribution in [1.82, 2.24) is 4.90 Å². The van der Waals surface area contributed by atoms with Crippen molar-refractivity contribution in [3.05, 3.63) is 0 Å². The molecule has 4 heteroatoms. The predicted octanol–water partition coefficient (Wildman–Crippen LogP) is 2.73. The minimum absolute atomic E-state index is 0.140. The van der Waals surface area contributed by atoms with Crippen LogP contribution in [0.4, 0.5) is 0 Å². The van der Waals surface area contributed by atoms with Crippen LogP contribution in [0.2, 0.25) is 0 Å². The van der Waals surface area contributed by atoms with Crippen LogP contribution in [0.1, 0.15) is 27.2 Å². The fourth-order valence-electron chi connectivity index (χ4n) is 1.10. The summed E-state index contributed by atoms with van der Waals surface area (Å²) in [5.74, 6) is 1.06. The molecule has 84 valence electrons. The highest BCUT2D eigenvalue weighted by molar-refractivity contribution is 6.18. The fourth-order valence-corrected chi connectivity index (χ4v) is 1.51. The highest BCUT2D eigenvalue weighted by Crippen LogP contribution is 2.22. The Morgan fingerprint density at radius 3 is 1.93 bits per heavy atom. The SMILES string of the molecule is CCC(C)(C)C(=O)N(CCCl)CCCl. The Balaban J connectivity index is 4.41. The van der Waals surface area contributed by atoms with Crippen LogP contribution < -0.4 is 0 Å². The number of alkyl halides is 2. The molecule has 1 amide bonds. The van der Waals surface area contributed by atoms with E-state index in [-0.39, 0.29) is 11.3 Å². The number of hydrogen-bond donors (Lipinski definition) is 0. The van der Waals surface area contributed by atoms with Crippen LogP contribution >= 0.6 is 23.2 Å². The Labute approximate surface area is 96.6 Å². The van der Waals surface area contributed by atoms with E-state index >= 15 is 0 Å². The summed E-state index contributed by atoms with van der Waals surface area (Å²) >= 11 is 11.3. The second kappa shape index (κ2) is 6.52. The summed E-state index contributed by atoms with van der Waals surface area (Å²) in [5, 5.41) is 0. The third-order valence-electron chi connectivity index (χ3n) is 2.46. The first-order chi connectivity index (χ1) is 6.49. The molecule has 0 aromatic heterocycles. The molecule has 0 aromatic carbocycles. The summed E-state index contributed by atoms with van der Waals surface area (Å²) in [6.45, 7) is 7.07. The molecule has 0 spiro atoms. The standard InChI is InChI=1S/C10H19Cl2NO/c1-4-10(2,3)9(14)13(7-5-11)8-6-12/h4-8H2,1-3H3. The van der Waals surface area contributed by atoms with Crippen molar-refractivity contribution >= 4 is 29.1 Å². The monoisotopic (exact) mass is 239 g/mol. The van der Waals surface area contributed by atoms with E-state index in [2.05, 4.69) is 0 Å². The first-order valence-electron chi connectivity index (χ1n) is 4.91. The molecule has 14 heavy (non-hydrogen) atoms. The summed E-state index contributed by atoms with van der Waals surface area (Å²) < 4.78 is 0. The summed E-state index contributed by atoms with van der Waals surface area (Å²) in [6, 6.07) is 0. The lowest BCUT2D eigenvalue weighted by Gasteiger charge is -2.30. The summed E-state index contributed by atoms with van der Waals surface area (Å²) in [5.41, 5.74) is -0.307. The molecule has 0 N–H and O–H groups in total. The van der Waals surface area contributed by atoms with E-state index < -0.39 is 0 Å². The maximum Gasteiger partial charge on any atom is 0.228 e. The van der Waals surface area contributed by atoms with Gasteiger partial charge in [0, 0.05) is 30.3 Å². The summed E-state index contributed by atoms with van der Waals surface area (Å²) in [7, 11) is 0. The Morgan fingerprint density at radius 1 is 1.21 bits per heavy atom. The van der Waals surface area contributed by atoms with Gasteiger partial charge in [-0.3, -0.25) is 4.79 Å². The van der Waals surface area contributed by atoms with Crippen LogP contribution in [0.5, 0.6) is 0 Å². The first-order valence-corrected chi connectivity index (χ1v) is 5.97. The van der Waals surface area contributed by atoms with Crippen molar-refractivity contribution in [1.29, 1.82) is 0 Å². The van der Waals surface area contributed by atoms with Crippen molar-refractivity contribution in [2.24, 2.45) is 5.41 Å². The van der Waals surface area contributed by atoms with Gasteiger partial charge in [0.15, 0.2) is 0 Å². The zero-order valence-electron chi connectivity index (χ0n) is 9.15. The zero-order chi connectivity index (χ0) is 11.2. The van der Waals surface area contributed by atoms with Crippen LogP contribution in [-0.4, -0.2) is 35.7 Å². The number of rotatable bonds is 6. The molecule has 0 aliphatic carbocycles. The molecule has 0 fully saturated rings. The molecule has 0 rings (SSSR count). The maximum absolute atomic E-state index is 12.0. The largest absolute Gasteiger partial charge is 0.340 e. The Hall–Kier alpha value is 0.0500. The van der Waals surface area contributed by atoms with Crippen molar-refractivity contribution in [2.75, 3.05) is 24.8 Å². The van der Waals surface area contributed by atoms with Gasteiger partial charge in [-0.25, -0.2) is 0 Å². The second-order valence-electron chi connectivity index (χ2n) is 3.91. The van der Waals surface area contributed by atoms with Gasteiger partial charge < -0.3 is 4.90 Å². The van der Waals surface area contributed by atoms with Gasteiger partial charge in [-0.2, -0.15) is 0 Å². The molecule has 0 saturated carbocycles. The number of carbonyl (C=O) groups excluding carboxylic acids is 1. The second-order valence-corrected chi connectivity index (χ2v) is 4.66. The van der Waals surface area contributed by atoms with Gasteiger partial charge in [0.2, 0.25) is 5.91 Å². The molecule has 0 atom stereocenters. The Kier molecular flexibility index (Phi) is 6.54. The van der Waals surface area contributed by atoms with E-state index in [0.29, 0.717) is 24.8 Å². The minimum Gasteiger partial charge on any atom is -0.340 e. The van der Waals surface area contributed by atoms with Crippen molar-refractivity contribution in [3.8, 4) is 0 Å². The lowest BCUT2D eigenvalue weighted by Crippen LogP contribution is -2.42. The molecule has 0 aliphatic heterocycles. The van der Waals surface area contributed by atoms with Gasteiger partial charge in [-0.15, -0.1) is 23.2 Å². The number of amides is 1. The Bertz CT molecular complexity index is 177. The van der Waals surface area contributed by atoms with Crippen LogP contribution in [0.25, 0.3) is 0 Å². The van der Waals surface area contributed by atoms with Gasteiger partial charge >= 0.3 is 0 Å². The van der Waals surface area contributed by atoms with Gasteiger partial charge in [-0.05, 0) is 6.42 Å². The van der Waals surface area contributed by atoms with Crippen LogP contribution in [0.15, 0.2) is 0 Å². The van der Waals surface area contributed by atoms with Crippen LogP contribution in [0.3, 0.4) is 0 Å². The third kappa shape index (κ3) is 4.05. The van der Waals surface area contributed by atoms with E-state index in [1.165, 1.54) is 0 Å².